The molecule has 0 aliphatic heterocycles. The zero-order chi connectivity index (χ0) is 12.3. The van der Waals surface area contributed by atoms with Gasteiger partial charge in [-0.3, -0.25) is 4.79 Å². The van der Waals surface area contributed by atoms with Crippen LogP contribution in [-0.2, 0) is 6.54 Å². The van der Waals surface area contributed by atoms with Gasteiger partial charge < -0.3 is 10.3 Å². The molecule has 0 saturated carbocycles. The molecule has 0 aromatic carbocycles. The summed E-state index contributed by atoms with van der Waals surface area (Å²) >= 11 is 3.43. The Balaban J connectivity index is 3.15. The molecule has 0 fully saturated rings. The summed E-state index contributed by atoms with van der Waals surface area (Å²) in [5.41, 5.74) is 6.89. The quantitative estimate of drug-likeness (QED) is 0.924. The standard InChI is InChI=1S/C12H19BrN2O/c1-4-12(14,5-2)8-15-9(3)10(13)6-7-11(15)16/h6-7H,4-5,8,14H2,1-3H3. The van der Waals surface area contributed by atoms with Gasteiger partial charge in [0.1, 0.15) is 0 Å². The van der Waals surface area contributed by atoms with Crippen molar-refractivity contribution >= 4 is 15.9 Å². The van der Waals surface area contributed by atoms with Gasteiger partial charge in [-0.1, -0.05) is 13.8 Å². The number of nitrogens with two attached hydrogens (primary N) is 1. The molecule has 0 aliphatic carbocycles. The van der Waals surface area contributed by atoms with E-state index < -0.39 is 0 Å². The maximum Gasteiger partial charge on any atom is 0.250 e. The van der Waals surface area contributed by atoms with Crippen LogP contribution < -0.4 is 11.3 Å². The number of hydrogen-bond acceptors (Lipinski definition) is 2. The zero-order valence-corrected chi connectivity index (χ0v) is 11.7. The number of nitrogens with zero attached hydrogens (tertiary/aromatic N) is 1. The van der Waals surface area contributed by atoms with Crippen molar-refractivity contribution in [2.75, 3.05) is 0 Å². The Morgan fingerprint density at radius 1 is 1.38 bits per heavy atom. The van der Waals surface area contributed by atoms with Crippen molar-refractivity contribution in [1.82, 2.24) is 4.57 Å². The van der Waals surface area contributed by atoms with E-state index >= 15 is 0 Å². The lowest BCUT2D eigenvalue weighted by atomic mass is 9.94. The second kappa shape index (κ2) is 5.15. The number of halogens is 1. The molecule has 1 heterocycles. The molecule has 1 aromatic rings. The van der Waals surface area contributed by atoms with E-state index in [2.05, 4.69) is 29.8 Å². The Labute approximate surface area is 105 Å². The summed E-state index contributed by atoms with van der Waals surface area (Å²) in [4.78, 5) is 11.8. The summed E-state index contributed by atoms with van der Waals surface area (Å²) in [6.07, 6.45) is 1.73. The van der Waals surface area contributed by atoms with Gasteiger partial charge in [0.2, 0.25) is 0 Å². The molecule has 0 spiro atoms. The first-order valence-corrected chi connectivity index (χ1v) is 6.37. The highest BCUT2D eigenvalue weighted by atomic mass is 79.9. The molecule has 4 heteroatoms. The van der Waals surface area contributed by atoms with Crippen LogP contribution in [0.5, 0.6) is 0 Å². The molecular formula is C12H19BrN2O. The summed E-state index contributed by atoms with van der Waals surface area (Å²) in [5.74, 6) is 0. The van der Waals surface area contributed by atoms with E-state index in [1.807, 2.05) is 6.92 Å². The Hall–Kier alpha value is -0.610. The monoisotopic (exact) mass is 286 g/mol. The molecule has 3 nitrogen and oxygen atoms in total. The highest BCUT2D eigenvalue weighted by Crippen LogP contribution is 2.18. The van der Waals surface area contributed by atoms with Crippen LogP contribution in [-0.4, -0.2) is 10.1 Å². The normalized spacial score (nSPS) is 11.8. The number of rotatable bonds is 4. The molecule has 0 aliphatic rings. The van der Waals surface area contributed by atoms with Gasteiger partial charge in [-0.2, -0.15) is 0 Å². The molecule has 0 radical (unpaired) electrons. The first-order valence-electron chi connectivity index (χ1n) is 5.58. The molecule has 0 bridgehead atoms. The lowest BCUT2D eigenvalue weighted by molar-refractivity contribution is 0.331. The third kappa shape index (κ3) is 2.74. The van der Waals surface area contributed by atoms with Crippen LogP contribution in [0.2, 0.25) is 0 Å². The first-order chi connectivity index (χ1) is 7.43. The van der Waals surface area contributed by atoms with Crippen LogP contribution in [0.3, 0.4) is 0 Å². The minimum absolute atomic E-state index is 0.0115. The van der Waals surface area contributed by atoms with Crippen molar-refractivity contribution in [2.45, 2.75) is 45.7 Å². The minimum Gasteiger partial charge on any atom is -0.324 e. The average Bonchev–Trinajstić information content (AvgIpc) is 2.29. The fraction of sp³-hybridized carbons (Fsp3) is 0.583. The Morgan fingerprint density at radius 2 is 1.94 bits per heavy atom. The van der Waals surface area contributed by atoms with Gasteiger partial charge >= 0.3 is 0 Å². The topological polar surface area (TPSA) is 48.0 Å². The third-order valence-corrected chi connectivity index (χ3v) is 4.11. The van der Waals surface area contributed by atoms with E-state index in [-0.39, 0.29) is 11.1 Å². The molecule has 2 N–H and O–H groups in total. The second-order valence-electron chi connectivity index (χ2n) is 4.26. The fourth-order valence-corrected chi connectivity index (χ4v) is 1.98. The number of pyridine rings is 1. The van der Waals surface area contributed by atoms with Gasteiger partial charge in [-0.15, -0.1) is 0 Å². The van der Waals surface area contributed by atoms with Gasteiger partial charge in [0, 0.05) is 28.3 Å². The van der Waals surface area contributed by atoms with Gasteiger partial charge in [0.25, 0.3) is 5.56 Å². The van der Waals surface area contributed by atoms with Gasteiger partial charge in [0.15, 0.2) is 0 Å². The molecule has 0 saturated heterocycles. The zero-order valence-electron chi connectivity index (χ0n) is 10.1. The van der Waals surface area contributed by atoms with Gasteiger partial charge in [-0.25, -0.2) is 0 Å². The van der Waals surface area contributed by atoms with Crippen LogP contribution in [0, 0.1) is 6.92 Å². The minimum atomic E-state index is -0.296. The molecule has 1 rings (SSSR count). The van der Waals surface area contributed by atoms with Crippen LogP contribution in [0.15, 0.2) is 21.4 Å². The largest absolute Gasteiger partial charge is 0.324 e. The maximum absolute atomic E-state index is 11.8. The summed E-state index contributed by atoms with van der Waals surface area (Å²) in [6.45, 7) is 6.62. The lowest BCUT2D eigenvalue weighted by Gasteiger charge is -2.28. The van der Waals surface area contributed by atoms with Crippen molar-refractivity contribution in [2.24, 2.45) is 5.73 Å². The molecule has 1 aromatic heterocycles. The van der Waals surface area contributed by atoms with E-state index in [4.69, 9.17) is 5.73 Å². The fourth-order valence-electron chi connectivity index (χ4n) is 1.63. The summed E-state index contributed by atoms with van der Waals surface area (Å²) in [7, 11) is 0. The van der Waals surface area contributed by atoms with Gasteiger partial charge in [0.05, 0.1) is 0 Å². The van der Waals surface area contributed by atoms with Crippen molar-refractivity contribution in [3.05, 3.63) is 32.7 Å². The number of hydrogen-bond donors (Lipinski definition) is 1. The molecule has 0 atom stereocenters. The van der Waals surface area contributed by atoms with Crippen molar-refractivity contribution in [3.8, 4) is 0 Å². The summed E-state index contributed by atoms with van der Waals surface area (Å²) in [5, 5.41) is 0. The Morgan fingerprint density at radius 3 is 2.44 bits per heavy atom. The van der Waals surface area contributed by atoms with E-state index in [0.29, 0.717) is 6.54 Å². The molecule has 16 heavy (non-hydrogen) atoms. The van der Waals surface area contributed by atoms with E-state index in [0.717, 1.165) is 23.0 Å². The first kappa shape index (κ1) is 13.5. The molecule has 0 unspecified atom stereocenters. The molecule has 90 valence electrons. The van der Waals surface area contributed by atoms with Crippen LogP contribution in [0.4, 0.5) is 0 Å². The number of aromatic nitrogens is 1. The average molecular weight is 287 g/mol. The highest BCUT2D eigenvalue weighted by molar-refractivity contribution is 9.10. The molecular weight excluding hydrogens is 268 g/mol. The van der Waals surface area contributed by atoms with Crippen molar-refractivity contribution in [3.63, 3.8) is 0 Å². The van der Waals surface area contributed by atoms with Crippen LogP contribution in [0.1, 0.15) is 32.4 Å². The van der Waals surface area contributed by atoms with Crippen molar-refractivity contribution < 1.29 is 0 Å². The SMILES string of the molecule is CCC(N)(CC)Cn1c(C)c(Br)ccc1=O. The lowest BCUT2D eigenvalue weighted by Crippen LogP contribution is -2.45. The summed E-state index contributed by atoms with van der Waals surface area (Å²) < 4.78 is 2.69. The Bertz CT molecular complexity index is 422. The predicted molar refractivity (Wildman–Crippen MR) is 70.6 cm³/mol. The van der Waals surface area contributed by atoms with Crippen LogP contribution in [0.25, 0.3) is 0 Å². The molecule has 0 amide bonds. The highest BCUT2D eigenvalue weighted by Gasteiger charge is 2.22. The van der Waals surface area contributed by atoms with Gasteiger partial charge in [-0.05, 0) is 41.8 Å². The summed E-state index contributed by atoms with van der Waals surface area (Å²) in [6, 6.07) is 3.35. The Kier molecular flexibility index (Phi) is 4.33. The maximum atomic E-state index is 11.8. The van der Waals surface area contributed by atoms with Crippen LogP contribution >= 0.6 is 15.9 Å². The smallest absolute Gasteiger partial charge is 0.250 e. The predicted octanol–water partition coefficient (Wildman–Crippen LogP) is 2.44. The second-order valence-corrected chi connectivity index (χ2v) is 5.11. The van der Waals surface area contributed by atoms with Crippen molar-refractivity contribution in [1.29, 1.82) is 0 Å². The third-order valence-electron chi connectivity index (χ3n) is 3.27. The van der Waals surface area contributed by atoms with E-state index in [1.165, 1.54) is 0 Å². The van der Waals surface area contributed by atoms with E-state index in [1.54, 1.807) is 16.7 Å². The van der Waals surface area contributed by atoms with E-state index in [9.17, 15) is 4.79 Å².